The topological polar surface area (TPSA) is 30.9 Å². The predicted octanol–water partition coefficient (Wildman–Crippen LogP) is 3.44. The van der Waals surface area contributed by atoms with Crippen molar-refractivity contribution in [2.45, 2.75) is 13.3 Å². The van der Waals surface area contributed by atoms with Gasteiger partial charge in [-0.25, -0.2) is 4.39 Å². The Hall–Kier alpha value is -2.11. The van der Waals surface area contributed by atoms with E-state index in [1.807, 2.05) is 30.3 Å². The molecule has 140 valence electrons. The minimum atomic E-state index is -0.171. The van der Waals surface area contributed by atoms with Gasteiger partial charge in [-0.15, -0.1) is 0 Å². The fourth-order valence-corrected chi connectivity index (χ4v) is 3.11. The third-order valence-electron chi connectivity index (χ3n) is 4.63. The maximum Gasteiger partial charge on any atom is 0.161 e. The maximum absolute atomic E-state index is 13.4. The van der Waals surface area contributed by atoms with Crippen molar-refractivity contribution in [1.82, 2.24) is 4.90 Å². The number of hydrogen-bond acceptors (Lipinski definition) is 4. The molecule has 3 rings (SSSR count). The first-order valence-electron chi connectivity index (χ1n) is 9.00. The number of hydrogen-bond donors (Lipinski definition) is 0. The molecule has 0 unspecified atom stereocenters. The van der Waals surface area contributed by atoms with Crippen molar-refractivity contribution >= 4 is 0 Å². The van der Waals surface area contributed by atoms with Crippen LogP contribution in [0.2, 0.25) is 0 Å². The quantitative estimate of drug-likeness (QED) is 0.758. The van der Waals surface area contributed by atoms with E-state index in [1.54, 1.807) is 14.0 Å². The first kappa shape index (κ1) is 18.7. The maximum atomic E-state index is 13.4. The van der Waals surface area contributed by atoms with Gasteiger partial charge in [0, 0.05) is 19.6 Å². The van der Waals surface area contributed by atoms with Crippen LogP contribution in [0.15, 0.2) is 36.4 Å². The highest BCUT2D eigenvalue weighted by atomic mass is 19.1. The zero-order valence-corrected chi connectivity index (χ0v) is 15.5. The van der Waals surface area contributed by atoms with E-state index in [1.165, 1.54) is 6.07 Å². The van der Waals surface area contributed by atoms with E-state index < -0.39 is 0 Å². The Balaban J connectivity index is 1.64. The highest BCUT2D eigenvalue weighted by Crippen LogP contribution is 2.29. The van der Waals surface area contributed by atoms with E-state index >= 15 is 0 Å². The molecule has 5 heteroatoms. The molecule has 0 atom stereocenters. The standard InChI is InChI=1S/C21H26FNO3/c1-16-13-17(3-5-19(16)22)14-18-4-6-20(24-2)21(15-18)26-12-9-23-7-10-25-11-8-23/h3-6,13,15H,7-12,14H2,1-2H3. The molecule has 1 aliphatic rings. The molecule has 0 spiro atoms. The van der Waals surface area contributed by atoms with Crippen LogP contribution in [0.25, 0.3) is 0 Å². The van der Waals surface area contributed by atoms with Gasteiger partial charge in [0.2, 0.25) is 0 Å². The lowest BCUT2D eigenvalue weighted by Crippen LogP contribution is -2.38. The van der Waals surface area contributed by atoms with Gasteiger partial charge in [-0.2, -0.15) is 0 Å². The van der Waals surface area contributed by atoms with Crippen LogP contribution < -0.4 is 9.47 Å². The van der Waals surface area contributed by atoms with Crippen molar-refractivity contribution in [3.63, 3.8) is 0 Å². The van der Waals surface area contributed by atoms with Crippen molar-refractivity contribution in [3.8, 4) is 11.5 Å². The number of benzene rings is 2. The number of ether oxygens (including phenoxy) is 3. The van der Waals surface area contributed by atoms with Gasteiger partial charge in [0.1, 0.15) is 12.4 Å². The van der Waals surface area contributed by atoms with Crippen LogP contribution in [-0.2, 0) is 11.2 Å². The summed E-state index contributed by atoms with van der Waals surface area (Å²) in [5.41, 5.74) is 2.85. The summed E-state index contributed by atoms with van der Waals surface area (Å²) in [5, 5.41) is 0. The molecule has 0 saturated carbocycles. The molecule has 0 bridgehead atoms. The van der Waals surface area contributed by atoms with Crippen LogP contribution in [0.3, 0.4) is 0 Å². The molecule has 0 radical (unpaired) electrons. The number of rotatable bonds is 7. The zero-order chi connectivity index (χ0) is 18.4. The molecule has 26 heavy (non-hydrogen) atoms. The minimum absolute atomic E-state index is 0.171. The largest absolute Gasteiger partial charge is 0.493 e. The number of aryl methyl sites for hydroxylation is 1. The number of halogens is 1. The Labute approximate surface area is 154 Å². The second kappa shape index (κ2) is 9.01. The van der Waals surface area contributed by atoms with E-state index in [2.05, 4.69) is 4.90 Å². The van der Waals surface area contributed by atoms with Crippen LogP contribution >= 0.6 is 0 Å². The Kier molecular flexibility index (Phi) is 6.47. The second-order valence-electron chi connectivity index (χ2n) is 6.55. The highest BCUT2D eigenvalue weighted by Gasteiger charge is 2.12. The van der Waals surface area contributed by atoms with Gasteiger partial charge in [-0.1, -0.05) is 18.2 Å². The molecular formula is C21H26FNO3. The summed E-state index contributed by atoms with van der Waals surface area (Å²) in [6, 6.07) is 11.2. The number of nitrogens with zero attached hydrogens (tertiary/aromatic N) is 1. The fourth-order valence-electron chi connectivity index (χ4n) is 3.11. The van der Waals surface area contributed by atoms with Gasteiger partial charge < -0.3 is 14.2 Å². The predicted molar refractivity (Wildman–Crippen MR) is 99.7 cm³/mol. The second-order valence-corrected chi connectivity index (χ2v) is 6.55. The smallest absolute Gasteiger partial charge is 0.161 e. The number of morpholine rings is 1. The van der Waals surface area contributed by atoms with Crippen LogP contribution in [0.4, 0.5) is 4.39 Å². The molecule has 2 aromatic carbocycles. The van der Waals surface area contributed by atoms with Crippen molar-refractivity contribution < 1.29 is 18.6 Å². The summed E-state index contributed by atoms with van der Waals surface area (Å²) in [7, 11) is 1.65. The monoisotopic (exact) mass is 359 g/mol. The normalized spacial score (nSPS) is 15.0. The molecule has 1 aliphatic heterocycles. The molecule has 0 aliphatic carbocycles. The molecule has 2 aromatic rings. The van der Waals surface area contributed by atoms with Crippen LogP contribution in [0, 0.1) is 12.7 Å². The zero-order valence-electron chi connectivity index (χ0n) is 15.5. The molecule has 1 saturated heterocycles. The summed E-state index contributed by atoms with van der Waals surface area (Å²) in [5.74, 6) is 1.30. The van der Waals surface area contributed by atoms with Gasteiger partial charge >= 0.3 is 0 Å². The summed E-state index contributed by atoms with van der Waals surface area (Å²) in [6.07, 6.45) is 0.727. The Morgan fingerprint density at radius 2 is 1.77 bits per heavy atom. The summed E-state index contributed by atoms with van der Waals surface area (Å²) in [4.78, 5) is 2.33. The number of methoxy groups -OCH3 is 1. The van der Waals surface area contributed by atoms with Crippen molar-refractivity contribution in [2.75, 3.05) is 46.6 Å². The molecule has 0 amide bonds. The molecule has 1 fully saturated rings. The molecule has 0 aromatic heterocycles. The highest BCUT2D eigenvalue weighted by molar-refractivity contribution is 5.44. The Bertz CT molecular complexity index is 729. The molecule has 0 N–H and O–H groups in total. The van der Waals surface area contributed by atoms with E-state index in [0.717, 1.165) is 61.9 Å². The van der Waals surface area contributed by atoms with Crippen LogP contribution in [-0.4, -0.2) is 51.5 Å². The third kappa shape index (κ3) is 4.96. The van der Waals surface area contributed by atoms with Gasteiger partial charge in [-0.05, 0) is 48.2 Å². The average molecular weight is 359 g/mol. The lowest BCUT2D eigenvalue weighted by molar-refractivity contribution is 0.0321. The van der Waals surface area contributed by atoms with Crippen LogP contribution in [0.5, 0.6) is 11.5 Å². The summed E-state index contributed by atoms with van der Waals surface area (Å²) >= 11 is 0. The first-order chi connectivity index (χ1) is 12.7. The Morgan fingerprint density at radius 1 is 1.04 bits per heavy atom. The van der Waals surface area contributed by atoms with Gasteiger partial charge in [0.15, 0.2) is 11.5 Å². The van der Waals surface area contributed by atoms with Crippen molar-refractivity contribution in [3.05, 3.63) is 58.9 Å². The third-order valence-corrected chi connectivity index (χ3v) is 4.63. The SMILES string of the molecule is COc1ccc(Cc2ccc(F)c(C)c2)cc1OCCN1CCOCC1. The van der Waals surface area contributed by atoms with Gasteiger partial charge in [-0.3, -0.25) is 4.90 Å². The van der Waals surface area contributed by atoms with E-state index in [-0.39, 0.29) is 5.82 Å². The van der Waals surface area contributed by atoms with Crippen molar-refractivity contribution in [1.29, 1.82) is 0 Å². The summed E-state index contributed by atoms with van der Waals surface area (Å²) in [6.45, 7) is 6.73. The summed E-state index contributed by atoms with van der Waals surface area (Å²) < 4.78 is 30.2. The van der Waals surface area contributed by atoms with E-state index in [4.69, 9.17) is 14.2 Å². The lowest BCUT2D eigenvalue weighted by atomic mass is 10.0. The van der Waals surface area contributed by atoms with E-state index in [0.29, 0.717) is 12.2 Å². The Morgan fingerprint density at radius 3 is 2.50 bits per heavy atom. The van der Waals surface area contributed by atoms with Gasteiger partial charge in [0.25, 0.3) is 0 Å². The lowest BCUT2D eigenvalue weighted by Gasteiger charge is -2.26. The minimum Gasteiger partial charge on any atom is -0.493 e. The molecular weight excluding hydrogens is 333 g/mol. The van der Waals surface area contributed by atoms with Crippen molar-refractivity contribution in [2.24, 2.45) is 0 Å². The van der Waals surface area contributed by atoms with Crippen LogP contribution in [0.1, 0.15) is 16.7 Å². The fraction of sp³-hybridized carbons (Fsp3) is 0.429. The first-order valence-corrected chi connectivity index (χ1v) is 9.00. The van der Waals surface area contributed by atoms with E-state index in [9.17, 15) is 4.39 Å². The average Bonchev–Trinajstić information content (AvgIpc) is 2.66. The molecule has 4 nitrogen and oxygen atoms in total. The van der Waals surface area contributed by atoms with Gasteiger partial charge in [0.05, 0.1) is 20.3 Å². The molecule has 1 heterocycles.